The highest BCUT2D eigenvalue weighted by molar-refractivity contribution is 6.13. The van der Waals surface area contributed by atoms with Crippen LogP contribution in [0.2, 0.25) is 0 Å². The van der Waals surface area contributed by atoms with E-state index in [1.165, 1.54) is 7.11 Å². The average Bonchev–Trinajstić information content (AvgIpc) is 2.75. The highest BCUT2D eigenvalue weighted by Gasteiger charge is 2.17. The number of carboxylic acid groups (broad SMARTS) is 1. The van der Waals surface area contributed by atoms with Crippen LogP contribution in [-0.2, 0) is 0 Å². The number of fused-ring (bicyclic) bond motifs is 3. The molecular formula is C14H11NO3. The summed E-state index contributed by atoms with van der Waals surface area (Å²) in [7, 11) is 1.49. The van der Waals surface area contributed by atoms with Crippen LogP contribution in [-0.4, -0.2) is 23.2 Å². The second kappa shape index (κ2) is 3.77. The lowest BCUT2D eigenvalue weighted by molar-refractivity contribution is 0.0693. The highest BCUT2D eigenvalue weighted by atomic mass is 16.5. The van der Waals surface area contributed by atoms with Gasteiger partial charge in [-0.25, -0.2) is 4.79 Å². The molecule has 4 heteroatoms. The zero-order valence-electron chi connectivity index (χ0n) is 9.73. The molecule has 0 aliphatic carbocycles. The Morgan fingerprint density at radius 2 is 1.94 bits per heavy atom. The van der Waals surface area contributed by atoms with Gasteiger partial charge < -0.3 is 14.8 Å². The van der Waals surface area contributed by atoms with Gasteiger partial charge in [0.05, 0.1) is 18.0 Å². The number of nitrogens with one attached hydrogen (secondary N) is 1. The molecule has 0 atom stereocenters. The summed E-state index contributed by atoms with van der Waals surface area (Å²) < 4.78 is 5.29. The van der Waals surface area contributed by atoms with Crippen molar-refractivity contribution in [3.8, 4) is 5.75 Å². The molecule has 1 heterocycles. The second-order valence-electron chi connectivity index (χ2n) is 4.04. The molecule has 0 fully saturated rings. The molecule has 3 rings (SSSR count). The van der Waals surface area contributed by atoms with E-state index in [2.05, 4.69) is 4.98 Å². The maximum absolute atomic E-state index is 11.2. The normalized spacial score (nSPS) is 10.9. The van der Waals surface area contributed by atoms with Crippen molar-refractivity contribution in [3.63, 3.8) is 0 Å². The van der Waals surface area contributed by atoms with E-state index in [9.17, 15) is 9.90 Å². The number of aromatic nitrogens is 1. The summed E-state index contributed by atoms with van der Waals surface area (Å²) in [6.07, 6.45) is 0. The maximum atomic E-state index is 11.2. The van der Waals surface area contributed by atoms with Crippen molar-refractivity contribution >= 4 is 27.8 Å². The Morgan fingerprint density at radius 3 is 2.67 bits per heavy atom. The summed E-state index contributed by atoms with van der Waals surface area (Å²) in [5.41, 5.74) is 2.01. The van der Waals surface area contributed by atoms with Crippen LogP contribution in [0.1, 0.15) is 10.4 Å². The van der Waals surface area contributed by atoms with Crippen LogP contribution in [0.3, 0.4) is 0 Å². The van der Waals surface area contributed by atoms with Gasteiger partial charge >= 0.3 is 5.97 Å². The van der Waals surface area contributed by atoms with Gasteiger partial charge in [-0.1, -0.05) is 18.2 Å². The summed E-state index contributed by atoms with van der Waals surface area (Å²) in [5, 5.41) is 11.0. The Morgan fingerprint density at radius 1 is 1.17 bits per heavy atom. The molecule has 90 valence electrons. The molecule has 0 aliphatic heterocycles. The molecular weight excluding hydrogens is 230 g/mol. The fourth-order valence-corrected chi connectivity index (χ4v) is 2.29. The topological polar surface area (TPSA) is 62.3 Å². The van der Waals surface area contributed by atoms with E-state index >= 15 is 0 Å². The van der Waals surface area contributed by atoms with Gasteiger partial charge in [-0.3, -0.25) is 0 Å². The van der Waals surface area contributed by atoms with E-state index in [0.29, 0.717) is 5.75 Å². The van der Waals surface area contributed by atoms with Crippen molar-refractivity contribution in [2.45, 2.75) is 0 Å². The SMILES string of the molecule is COc1c(C(=O)O)ccc2[nH]c3ccccc3c12. The third-order valence-corrected chi connectivity index (χ3v) is 3.06. The number of benzene rings is 2. The number of rotatable bonds is 2. The van der Waals surface area contributed by atoms with Gasteiger partial charge in [0.1, 0.15) is 11.3 Å². The fourth-order valence-electron chi connectivity index (χ4n) is 2.29. The summed E-state index contributed by atoms with van der Waals surface area (Å²) >= 11 is 0. The number of aromatic amines is 1. The number of hydrogen-bond donors (Lipinski definition) is 2. The van der Waals surface area contributed by atoms with Crippen molar-refractivity contribution in [1.29, 1.82) is 0 Å². The van der Waals surface area contributed by atoms with E-state index < -0.39 is 5.97 Å². The smallest absolute Gasteiger partial charge is 0.339 e. The van der Waals surface area contributed by atoms with Crippen molar-refractivity contribution in [2.75, 3.05) is 7.11 Å². The van der Waals surface area contributed by atoms with Crippen molar-refractivity contribution in [2.24, 2.45) is 0 Å². The van der Waals surface area contributed by atoms with Crippen molar-refractivity contribution in [1.82, 2.24) is 4.98 Å². The number of hydrogen-bond acceptors (Lipinski definition) is 2. The minimum atomic E-state index is -0.987. The summed E-state index contributed by atoms with van der Waals surface area (Å²) in [6.45, 7) is 0. The molecule has 18 heavy (non-hydrogen) atoms. The highest BCUT2D eigenvalue weighted by Crippen LogP contribution is 2.35. The molecule has 0 spiro atoms. The zero-order valence-corrected chi connectivity index (χ0v) is 9.73. The first kappa shape index (κ1) is 10.7. The van der Waals surface area contributed by atoms with Crippen LogP contribution < -0.4 is 4.74 Å². The standard InChI is InChI=1S/C14H11NO3/c1-18-13-9(14(16)17)6-7-11-12(13)8-4-2-3-5-10(8)15-11/h2-7,15H,1H3,(H,16,17). The minimum absolute atomic E-state index is 0.176. The molecule has 0 aliphatic rings. The molecule has 0 bridgehead atoms. The zero-order chi connectivity index (χ0) is 12.7. The van der Waals surface area contributed by atoms with Crippen molar-refractivity contribution < 1.29 is 14.6 Å². The third kappa shape index (κ3) is 1.35. The van der Waals surface area contributed by atoms with E-state index in [1.54, 1.807) is 12.1 Å². The molecule has 0 saturated carbocycles. The molecule has 4 nitrogen and oxygen atoms in total. The molecule has 1 aromatic heterocycles. The van der Waals surface area contributed by atoms with Crippen LogP contribution in [0, 0.1) is 0 Å². The average molecular weight is 241 g/mol. The third-order valence-electron chi connectivity index (χ3n) is 3.06. The van der Waals surface area contributed by atoms with Crippen LogP contribution >= 0.6 is 0 Å². The number of methoxy groups -OCH3 is 1. The largest absolute Gasteiger partial charge is 0.495 e. The predicted molar refractivity (Wildman–Crippen MR) is 69.3 cm³/mol. The Kier molecular flexibility index (Phi) is 2.23. The van der Waals surface area contributed by atoms with E-state index in [4.69, 9.17) is 4.74 Å². The molecule has 2 aromatic carbocycles. The van der Waals surface area contributed by atoms with Gasteiger partial charge in [0, 0.05) is 10.9 Å². The fraction of sp³-hybridized carbons (Fsp3) is 0.0714. The number of ether oxygens (including phenoxy) is 1. The van der Waals surface area contributed by atoms with Gasteiger partial charge in [0.25, 0.3) is 0 Å². The van der Waals surface area contributed by atoms with Crippen LogP contribution in [0.15, 0.2) is 36.4 Å². The number of carboxylic acids is 1. The number of aromatic carboxylic acids is 1. The van der Waals surface area contributed by atoms with E-state index in [1.807, 2.05) is 24.3 Å². The van der Waals surface area contributed by atoms with Gasteiger partial charge in [-0.15, -0.1) is 0 Å². The van der Waals surface area contributed by atoms with Gasteiger partial charge in [-0.2, -0.15) is 0 Å². The molecule has 0 saturated heterocycles. The summed E-state index contributed by atoms with van der Waals surface area (Å²) in [6, 6.07) is 11.1. The first-order valence-corrected chi connectivity index (χ1v) is 5.53. The minimum Gasteiger partial charge on any atom is -0.495 e. The molecule has 3 aromatic rings. The van der Waals surface area contributed by atoms with Crippen LogP contribution in [0.5, 0.6) is 5.75 Å². The maximum Gasteiger partial charge on any atom is 0.339 e. The first-order chi connectivity index (χ1) is 8.72. The molecule has 0 radical (unpaired) electrons. The number of para-hydroxylation sites is 1. The summed E-state index contributed by atoms with van der Waals surface area (Å²) in [5.74, 6) is -0.587. The first-order valence-electron chi connectivity index (χ1n) is 5.53. The predicted octanol–water partition coefficient (Wildman–Crippen LogP) is 3.03. The lowest BCUT2D eigenvalue weighted by atomic mass is 10.1. The van der Waals surface area contributed by atoms with Crippen LogP contribution in [0.4, 0.5) is 0 Å². The lowest BCUT2D eigenvalue weighted by Gasteiger charge is -2.06. The Labute approximate surface area is 103 Å². The van der Waals surface area contributed by atoms with Crippen molar-refractivity contribution in [3.05, 3.63) is 42.0 Å². The lowest BCUT2D eigenvalue weighted by Crippen LogP contribution is -2.00. The van der Waals surface area contributed by atoms with E-state index in [-0.39, 0.29) is 5.56 Å². The Balaban J connectivity index is 2.52. The molecule has 2 N–H and O–H groups in total. The second-order valence-corrected chi connectivity index (χ2v) is 4.04. The molecule has 0 amide bonds. The van der Waals surface area contributed by atoms with Gasteiger partial charge in [0.15, 0.2) is 0 Å². The Bertz CT molecular complexity index is 758. The Hall–Kier alpha value is -2.49. The van der Waals surface area contributed by atoms with Crippen LogP contribution in [0.25, 0.3) is 21.8 Å². The van der Waals surface area contributed by atoms with E-state index in [0.717, 1.165) is 21.8 Å². The quantitative estimate of drug-likeness (QED) is 0.724. The monoisotopic (exact) mass is 241 g/mol. The number of H-pyrrole nitrogens is 1. The number of carbonyl (C=O) groups is 1. The van der Waals surface area contributed by atoms with Gasteiger partial charge in [0.2, 0.25) is 0 Å². The molecule has 0 unspecified atom stereocenters. The summed E-state index contributed by atoms with van der Waals surface area (Å²) in [4.78, 5) is 14.4. The van der Waals surface area contributed by atoms with Gasteiger partial charge in [-0.05, 0) is 18.2 Å².